The van der Waals surface area contributed by atoms with Crippen molar-refractivity contribution in [2.75, 3.05) is 25.7 Å². The first-order valence-electron chi connectivity index (χ1n) is 6.70. The highest BCUT2D eigenvalue weighted by molar-refractivity contribution is 7.13. The van der Waals surface area contributed by atoms with Crippen molar-refractivity contribution in [2.24, 2.45) is 0 Å². The number of rotatable bonds is 4. The third kappa shape index (κ3) is 2.33. The lowest BCUT2D eigenvalue weighted by Crippen LogP contribution is -2.21. The smallest absolute Gasteiger partial charge is 0.127 e. The molecule has 1 unspecified atom stereocenters. The van der Waals surface area contributed by atoms with E-state index in [-0.39, 0.29) is 0 Å². The van der Waals surface area contributed by atoms with Gasteiger partial charge in [-0.15, -0.1) is 11.3 Å². The van der Waals surface area contributed by atoms with Crippen LogP contribution in [0.1, 0.15) is 24.4 Å². The van der Waals surface area contributed by atoms with Crippen molar-refractivity contribution in [3.05, 3.63) is 35.5 Å². The Kier molecular flexibility index (Phi) is 3.78. The van der Waals surface area contributed by atoms with Crippen LogP contribution in [-0.2, 0) is 0 Å². The van der Waals surface area contributed by atoms with Gasteiger partial charge in [-0.1, -0.05) is 0 Å². The molecule has 1 aromatic carbocycles. The highest BCUT2D eigenvalue weighted by Gasteiger charge is 2.29. The first kappa shape index (κ1) is 13.2. The third-order valence-electron chi connectivity index (χ3n) is 3.75. The standard InChI is InChI=1S/C15H18N2O2S/c1-18-11-5-6-12(14(8-11)19-2)13-4-3-7-17(13)15-9-16-10-20-15/h5-6,8-10,13H,3-4,7H2,1-2H3. The Morgan fingerprint density at radius 1 is 1.30 bits per heavy atom. The SMILES string of the molecule is COc1ccc(C2CCCN2c2cncs2)c(OC)c1. The molecule has 0 N–H and O–H groups in total. The van der Waals surface area contributed by atoms with Crippen LogP contribution < -0.4 is 14.4 Å². The Hall–Kier alpha value is -1.75. The summed E-state index contributed by atoms with van der Waals surface area (Å²) in [6.07, 6.45) is 4.28. The Morgan fingerprint density at radius 2 is 2.20 bits per heavy atom. The normalized spacial score (nSPS) is 18.3. The number of ether oxygens (including phenoxy) is 2. The van der Waals surface area contributed by atoms with Gasteiger partial charge >= 0.3 is 0 Å². The van der Waals surface area contributed by atoms with Crippen LogP contribution in [0.5, 0.6) is 11.5 Å². The number of anilines is 1. The fraction of sp³-hybridized carbons (Fsp3) is 0.400. The van der Waals surface area contributed by atoms with Crippen molar-refractivity contribution in [3.63, 3.8) is 0 Å². The maximum atomic E-state index is 5.55. The van der Waals surface area contributed by atoms with Crippen LogP contribution in [0.15, 0.2) is 29.9 Å². The first-order chi connectivity index (χ1) is 9.83. The molecule has 1 aliphatic rings. The number of aromatic nitrogens is 1. The maximum Gasteiger partial charge on any atom is 0.127 e. The van der Waals surface area contributed by atoms with Gasteiger partial charge in [0.1, 0.15) is 16.5 Å². The van der Waals surface area contributed by atoms with E-state index in [4.69, 9.17) is 9.47 Å². The van der Waals surface area contributed by atoms with Crippen LogP contribution in [0.2, 0.25) is 0 Å². The topological polar surface area (TPSA) is 34.6 Å². The van der Waals surface area contributed by atoms with E-state index < -0.39 is 0 Å². The highest BCUT2D eigenvalue weighted by Crippen LogP contribution is 2.41. The molecule has 106 valence electrons. The molecule has 2 heterocycles. The van der Waals surface area contributed by atoms with Crippen LogP contribution in [-0.4, -0.2) is 25.7 Å². The molecule has 2 aromatic rings. The molecule has 4 nitrogen and oxygen atoms in total. The molecule has 1 aromatic heterocycles. The lowest BCUT2D eigenvalue weighted by molar-refractivity contribution is 0.388. The quantitative estimate of drug-likeness (QED) is 0.863. The second-order valence-electron chi connectivity index (χ2n) is 4.80. The van der Waals surface area contributed by atoms with Gasteiger partial charge in [-0.3, -0.25) is 4.98 Å². The summed E-state index contributed by atoms with van der Waals surface area (Å²) in [5.74, 6) is 1.72. The van der Waals surface area contributed by atoms with Gasteiger partial charge in [0.05, 0.1) is 32.0 Å². The summed E-state index contributed by atoms with van der Waals surface area (Å²) < 4.78 is 10.8. The van der Waals surface area contributed by atoms with E-state index in [1.165, 1.54) is 17.0 Å². The number of methoxy groups -OCH3 is 2. The zero-order chi connectivity index (χ0) is 13.9. The van der Waals surface area contributed by atoms with E-state index in [1.54, 1.807) is 25.6 Å². The molecular formula is C15H18N2O2S. The van der Waals surface area contributed by atoms with Gasteiger partial charge in [0.2, 0.25) is 0 Å². The van der Waals surface area contributed by atoms with Crippen molar-refractivity contribution in [2.45, 2.75) is 18.9 Å². The van der Waals surface area contributed by atoms with Gasteiger partial charge in [0.25, 0.3) is 0 Å². The second kappa shape index (κ2) is 5.71. The molecule has 1 aliphatic heterocycles. The number of hydrogen-bond donors (Lipinski definition) is 0. The van der Waals surface area contributed by atoms with E-state index in [2.05, 4.69) is 16.0 Å². The molecule has 1 atom stereocenters. The van der Waals surface area contributed by atoms with Gasteiger partial charge in [0, 0.05) is 18.2 Å². The molecule has 1 fully saturated rings. The first-order valence-corrected chi connectivity index (χ1v) is 7.58. The minimum absolute atomic E-state index is 0.358. The summed E-state index contributed by atoms with van der Waals surface area (Å²) >= 11 is 1.69. The van der Waals surface area contributed by atoms with Gasteiger partial charge in [0.15, 0.2) is 0 Å². The van der Waals surface area contributed by atoms with Crippen molar-refractivity contribution < 1.29 is 9.47 Å². The number of hydrogen-bond acceptors (Lipinski definition) is 5. The van der Waals surface area contributed by atoms with E-state index in [1.807, 2.05) is 23.8 Å². The summed E-state index contributed by atoms with van der Waals surface area (Å²) in [5, 5.41) is 1.23. The fourth-order valence-corrected chi connectivity index (χ4v) is 3.50. The van der Waals surface area contributed by atoms with Crippen LogP contribution in [0.3, 0.4) is 0 Å². The summed E-state index contributed by atoms with van der Waals surface area (Å²) in [4.78, 5) is 6.61. The van der Waals surface area contributed by atoms with Crippen LogP contribution in [0, 0.1) is 0 Å². The van der Waals surface area contributed by atoms with E-state index >= 15 is 0 Å². The predicted molar refractivity (Wildman–Crippen MR) is 81.0 cm³/mol. The minimum Gasteiger partial charge on any atom is -0.497 e. The lowest BCUT2D eigenvalue weighted by atomic mass is 10.0. The Labute approximate surface area is 123 Å². The second-order valence-corrected chi connectivity index (χ2v) is 5.66. The van der Waals surface area contributed by atoms with E-state index in [0.29, 0.717) is 6.04 Å². The van der Waals surface area contributed by atoms with Gasteiger partial charge in [-0.25, -0.2) is 0 Å². The molecule has 20 heavy (non-hydrogen) atoms. The molecule has 3 rings (SSSR count). The Morgan fingerprint density at radius 3 is 2.90 bits per heavy atom. The van der Waals surface area contributed by atoms with Crippen LogP contribution >= 0.6 is 11.3 Å². The summed E-state index contributed by atoms with van der Waals surface area (Å²) in [5.41, 5.74) is 3.11. The van der Waals surface area contributed by atoms with Gasteiger partial charge < -0.3 is 14.4 Å². The Bertz CT molecular complexity index is 571. The monoisotopic (exact) mass is 290 g/mol. The molecule has 0 spiro atoms. The number of thiazole rings is 1. The zero-order valence-electron chi connectivity index (χ0n) is 11.7. The largest absolute Gasteiger partial charge is 0.497 e. The van der Waals surface area contributed by atoms with Crippen LogP contribution in [0.4, 0.5) is 5.00 Å². The zero-order valence-corrected chi connectivity index (χ0v) is 12.5. The van der Waals surface area contributed by atoms with Crippen molar-refractivity contribution in [3.8, 4) is 11.5 Å². The van der Waals surface area contributed by atoms with Crippen molar-refractivity contribution in [1.82, 2.24) is 4.98 Å². The highest BCUT2D eigenvalue weighted by atomic mass is 32.1. The molecule has 0 saturated carbocycles. The average molecular weight is 290 g/mol. The average Bonchev–Trinajstić information content (AvgIpc) is 3.16. The molecule has 0 bridgehead atoms. The van der Waals surface area contributed by atoms with Gasteiger partial charge in [-0.2, -0.15) is 0 Å². The lowest BCUT2D eigenvalue weighted by Gasteiger charge is -2.26. The molecule has 0 aliphatic carbocycles. The molecule has 1 saturated heterocycles. The molecular weight excluding hydrogens is 272 g/mol. The minimum atomic E-state index is 0.358. The number of nitrogens with zero attached hydrogens (tertiary/aromatic N) is 2. The summed E-state index contributed by atoms with van der Waals surface area (Å²) in [6.45, 7) is 1.07. The number of benzene rings is 1. The van der Waals surface area contributed by atoms with Crippen molar-refractivity contribution in [1.29, 1.82) is 0 Å². The fourth-order valence-electron chi connectivity index (χ4n) is 2.80. The summed E-state index contributed by atoms with van der Waals surface area (Å²) in [7, 11) is 3.39. The van der Waals surface area contributed by atoms with Crippen molar-refractivity contribution >= 4 is 16.3 Å². The van der Waals surface area contributed by atoms with E-state index in [0.717, 1.165) is 24.5 Å². The van der Waals surface area contributed by atoms with E-state index in [9.17, 15) is 0 Å². The molecule has 0 radical (unpaired) electrons. The maximum absolute atomic E-state index is 5.55. The molecule has 5 heteroatoms. The predicted octanol–water partition coefficient (Wildman–Crippen LogP) is 3.50. The Balaban J connectivity index is 1.95. The van der Waals surface area contributed by atoms with Crippen LogP contribution in [0.25, 0.3) is 0 Å². The van der Waals surface area contributed by atoms with Gasteiger partial charge in [-0.05, 0) is 25.0 Å². The third-order valence-corrected chi connectivity index (χ3v) is 4.56. The summed E-state index contributed by atoms with van der Waals surface area (Å²) in [6, 6.07) is 6.43. The molecule has 0 amide bonds.